The predicted molar refractivity (Wildman–Crippen MR) is 97.4 cm³/mol. The van der Waals surface area contributed by atoms with Crippen molar-refractivity contribution in [3.8, 4) is 0 Å². The maximum atomic E-state index is 13.1. The normalized spacial score (nSPS) is 11.8. The van der Waals surface area contributed by atoms with Gasteiger partial charge in [-0.1, -0.05) is 23.2 Å². The van der Waals surface area contributed by atoms with Crippen LogP contribution in [0.25, 0.3) is 10.9 Å². The lowest BCUT2D eigenvalue weighted by Gasteiger charge is -2.12. The second kappa shape index (κ2) is 6.79. The van der Waals surface area contributed by atoms with E-state index in [1.54, 1.807) is 6.92 Å². The molecule has 0 saturated heterocycles. The number of nitrogens with zero attached hydrogens (tertiary/aromatic N) is 2. The van der Waals surface area contributed by atoms with Crippen molar-refractivity contribution in [2.24, 2.45) is 0 Å². The van der Waals surface area contributed by atoms with Gasteiger partial charge in [-0.2, -0.15) is 13.2 Å². The second-order valence-electron chi connectivity index (χ2n) is 6.13. The number of carboxylic acids is 1. The van der Waals surface area contributed by atoms with E-state index in [0.29, 0.717) is 5.56 Å². The van der Waals surface area contributed by atoms with Crippen molar-refractivity contribution < 1.29 is 27.9 Å². The van der Waals surface area contributed by atoms with Gasteiger partial charge in [-0.3, -0.25) is 9.36 Å². The zero-order valence-corrected chi connectivity index (χ0v) is 15.9. The highest BCUT2D eigenvalue weighted by atomic mass is 35.5. The number of carboxylic acid groups (broad SMARTS) is 1. The molecule has 0 aliphatic rings. The number of alkyl halides is 3. The number of rotatable bonds is 2. The molecule has 0 radical (unpaired) electrons. The molecular weight excluding hydrogens is 420 g/mol. The Balaban J connectivity index is 2.28. The van der Waals surface area contributed by atoms with Crippen molar-refractivity contribution in [3.63, 3.8) is 0 Å². The topological polar surface area (TPSA) is 72.2 Å². The maximum absolute atomic E-state index is 13.1. The van der Waals surface area contributed by atoms with Crippen molar-refractivity contribution >= 4 is 46.0 Å². The zero-order valence-electron chi connectivity index (χ0n) is 14.4. The molecule has 1 aromatic carbocycles. The smallest absolute Gasteiger partial charge is 0.416 e. The molecule has 5 nitrogen and oxygen atoms in total. The van der Waals surface area contributed by atoms with E-state index in [4.69, 9.17) is 28.3 Å². The van der Waals surface area contributed by atoms with E-state index in [1.165, 1.54) is 13.1 Å². The first-order valence-electron chi connectivity index (χ1n) is 7.75. The van der Waals surface area contributed by atoms with Gasteiger partial charge in [-0.05, 0) is 37.1 Å². The molecule has 0 atom stereocenters. The van der Waals surface area contributed by atoms with Crippen LogP contribution in [0.4, 0.5) is 13.2 Å². The van der Waals surface area contributed by atoms with Crippen molar-refractivity contribution in [2.45, 2.75) is 20.0 Å². The Morgan fingerprint density at radius 1 is 1.14 bits per heavy atom. The number of benzene rings is 1. The van der Waals surface area contributed by atoms with E-state index in [0.717, 1.165) is 22.9 Å². The average Bonchev–Trinajstić information content (AvgIpc) is 2.91. The summed E-state index contributed by atoms with van der Waals surface area (Å²) in [5.41, 5.74) is -0.731. The second-order valence-corrected chi connectivity index (χ2v) is 6.87. The Labute approximate surface area is 166 Å². The summed E-state index contributed by atoms with van der Waals surface area (Å²) in [4.78, 5) is 28.0. The molecular formula is C18H11Cl2F3N2O3. The van der Waals surface area contributed by atoms with Crippen LogP contribution in [0.3, 0.4) is 0 Å². The molecule has 2 heterocycles. The molecule has 0 aliphatic carbocycles. The molecule has 0 bridgehead atoms. The number of aromatic nitrogens is 2. The molecule has 3 aromatic rings. The van der Waals surface area contributed by atoms with Crippen LogP contribution in [0.5, 0.6) is 0 Å². The minimum atomic E-state index is -4.54. The van der Waals surface area contributed by atoms with E-state index in [9.17, 15) is 22.8 Å². The standard InChI is InChI=1S/C18H11Cl2F3N2O3/c1-7-3-9(18(21,22)23)4-10-8(2)6-25(14(7)10)16(26)12-13(19)11(17(27)28)5-24-15(12)20/h3-6H,1-2H3,(H,27,28). The van der Waals surface area contributed by atoms with Gasteiger partial charge in [0, 0.05) is 17.8 Å². The SMILES string of the molecule is Cc1cn(C(=O)c2c(Cl)ncc(C(=O)O)c2Cl)c2c(C)cc(C(F)(F)F)cc12. The van der Waals surface area contributed by atoms with Gasteiger partial charge in [-0.25, -0.2) is 9.78 Å². The Hall–Kier alpha value is -2.58. The lowest BCUT2D eigenvalue weighted by Crippen LogP contribution is -2.15. The van der Waals surface area contributed by atoms with Crippen molar-refractivity contribution in [3.05, 3.63) is 62.5 Å². The van der Waals surface area contributed by atoms with E-state index >= 15 is 0 Å². The number of aryl methyl sites for hydroxylation is 2. The summed E-state index contributed by atoms with van der Waals surface area (Å²) in [6.07, 6.45) is -2.27. The third-order valence-corrected chi connectivity index (χ3v) is 4.93. The molecule has 2 aromatic heterocycles. The van der Waals surface area contributed by atoms with Gasteiger partial charge in [0.2, 0.25) is 0 Å². The molecule has 0 amide bonds. The first kappa shape index (κ1) is 20.2. The molecule has 0 fully saturated rings. The lowest BCUT2D eigenvalue weighted by atomic mass is 10.0. The highest BCUT2D eigenvalue weighted by Gasteiger charge is 2.32. The monoisotopic (exact) mass is 430 g/mol. The predicted octanol–water partition coefficient (Wildman–Crippen LogP) is 5.37. The van der Waals surface area contributed by atoms with Gasteiger partial charge in [0.1, 0.15) is 5.15 Å². The fourth-order valence-electron chi connectivity index (χ4n) is 2.97. The first-order valence-corrected chi connectivity index (χ1v) is 8.50. The van der Waals surface area contributed by atoms with Crippen LogP contribution in [-0.4, -0.2) is 26.5 Å². The van der Waals surface area contributed by atoms with Gasteiger partial charge in [0.25, 0.3) is 5.91 Å². The van der Waals surface area contributed by atoms with Crippen LogP contribution in [0.15, 0.2) is 24.5 Å². The summed E-state index contributed by atoms with van der Waals surface area (Å²) in [6.45, 7) is 3.00. The number of carbonyl (C=O) groups is 2. The van der Waals surface area contributed by atoms with E-state index in [2.05, 4.69) is 4.98 Å². The summed E-state index contributed by atoms with van der Waals surface area (Å²) in [5, 5.41) is 8.68. The molecule has 0 aliphatic heterocycles. The lowest BCUT2D eigenvalue weighted by molar-refractivity contribution is -0.137. The number of aromatic carboxylic acids is 1. The van der Waals surface area contributed by atoms with Crippen LogP contribution in [0, 0.1) is 13.8 Å². The minimum absolute atomic E-state index is 0.209. The van der Waals surface area contributed by atoms with E-state index < -0.39 is 34.2 Å². The Kier molecular flexibility index (Phi) is 4.89. The molecule has 0 saturated carbocycles. The van der Waals surface area contributed by atoms with Crippen LogP contribution in [0.1, 0.15) is 37.4 Å². The number of carbonyl (C=O) groups excluding carboxylic acids is 1. The van der Waals surface area contributed by atoms with E-state index in [-0.39, 0.29) is 27.2 Å². The van der Waals surface area contributed by atoms with Gasteiger partial charge in [-0.15, -0.1) is 0 Å². The number of pyridine rings is 1. The fourth-order valence-corrected chi connectivity index (χ4v) is 3.54. The van der Waals surface area contributed by atoms with Gasteiger partial charge in [0.15, 0.2) is 0 Å². The average molecular weight is 431 g/mol. The number of halogens is 5. The van der Waals surface area contributed by atoms with Crippen LogP contribution in [-0.2, 0) is 6.18 Å². The highest BCUT2D eigenvalue weighted by molar-refractivity contribution is 6.41. The highest BCUT2D eigenvalue weighted by Crippen LogP contribution is 2.36. The third-order valence-electron chi connectivity index (χ3n) is 4.25. The largest absolute Gasteiger partial charge is 0.478 e. The van der Waals surface area contributed by atoms with E-state index in [1.807, 2.05) is 0 Å². The zero-order chi connectivity index (χ0) is 21.0. The fraction of sp³-hybridized carbons (Fsp3) is 0.167. The first-order chi connectivity index (χ1) is 12.9. The van der Waals surface area contributed by atoms with Gasteiger partial charge in [0.05, 0.1) is 27.2 Å². The van der Waals surface area contributed by atoms with Crippen LogP contribution in [0.2, 0.25) is 10.2 Å². The Bertz CT molecular complexity index is 1150. The summed E-state index contributed by atoms with van der Waals surface area (Å²) in [6, 6.07) is 1.89. The Morgan fingerprint density at radius 2 is 1.79 bits per heavy atom. The van der Waals surface area contributed by atoms with Crippen LogP contribution >= 0.6 is 23.2 Å². The number of hydrogen-bond donors (Lipinski definition) is 1. The summed E-state index contributed by atoms with van der Waals surface area (Å²) >= 11 is 12.0. The number of hydrogen-bond acceptors (Lipinski definition) is 3. The summed E-state index contributed by atoms with van der Waals surface area (Å²) in [7, 11) is 0. The van der Waals surface area contributed by atoms with Crippen molar-refractivity contribution in [1.29, 1.82) is 0 Å². The summed E-state index contributed by atoms with van der Waals surface area (Å²) in [5.74, 6) is -2.20. The molecule has 3 rings (SSSR count). The van der Waals surface area contributed by atoms with Crippen LogP contribution < -0.4 is 0 Å². The molecule has 0 unspecified atom stereocenters. The number of fused-ring (bicyclic) bond motifs is 1. The van der Waals surface area contributed by atoms with Gasteiger partial charge >= 0.3 is 12.1 Å². The molecule has 146 valence electrons. The quantitative estimate of drug-likeness (QED) is 0.555. The molecule has 0 spiro atoms. The molecule has 28 heavy (non-hydrogen) atoms. The van der Waals surface area contributed by atoms with Gasteiger partial charge < -0.3 is 5.11 Å². The minimum Gasteiger partial charge on any atom is -0.478 e. The molecule has 10 heteroatoms. The third kappa shape index (κ3) is 3.22. The van der Waals surface area contributed by atoms with Crippen molar-refractivity contribution in [2.75, 3.05) is 0 Å². The molecule has 1 N–H and O–H groups in total. The maximum Gasteiger partial charge on any atom is 0.416 e. The summed E-state index contributed by atoms with van der Waals surface area (Å²) < 4.78 is 40.4. The Morgan fingerprint density at radius 3 is 2.36 bits per heavy atom. The van der Waals surface area contributed by atoms with Crippen molar-refractivity contribution in [1.82, 2.24) is 9.55 Å².